The average molecular weight is 192 g/mol. The fraction of sp³-hybridized carbons (Fsp3) is 0.444. The predicted molar refractivity (Wildman–Crippen MR) is 52.1 cm³/mol. The molecule has 0 unspecified atom stereocenters. The number of rotatable bonds is 3. The molecule has 0 spiro atoms. The van der Waals surface area contributed by atoms with Crippen LogP contribution in [-0.2, 0) is 0 Å². The summed E-state index contributed by atoms with van der Waals surface area (Å²) in [5.41, 5.74) is 0. The lowest BCUT2D eigenvalue weighted by atomic mass is 10.5. The molecule has 5 heteroatoms. The van der Waals surface area contributed by atoms with Crippen molar-refractivity contribution in [2.24, 2.45) is 0 Å². The van der Waals surface area contributed by atoms with E-state index < -0.39 is 0 Å². The molecule has 5 nitrogen and oxygen atoms in total. The van der Waals surface area contributed by atoms with Gasteiger partial charge in [-0.2, -0.15) is 0 Å². The lowest BCUT2D eigenvalue weighted by molar-refractivity contribution is 0.0940. The van der Waals surface area contributed by atoms with Gasteiger partial charge >= 0.3 is 0 Å². The largest absolute Gasteiger partial charge is 0.373 e. The first kappa shape index (κ1) is 8.93. The minimum absolute atomic E-state index is 0.190. The molecule has 14 heavy (non-hydrogen) atoms. The van der Waals surface area contributed by atoms with Crippen LogP contribution in [0.4, 0.5) is 5.82 Å². The van der Waals surface area contributed by atoms with E-state index in [1.807, 2.05) is 0 Å². The first-order valence-electron chi connectivity index (χ1n) is 4.61. The third-order valence-electron chi connectivity index (χ3n) is 2.03. The highest BCUT2D eigenvalue weighted by atomic mass is 16.2. The summed E-state index contributed by atoms with van der Waals surface area (Å²) in [6.45, 7) is 0. The highest BCUT2D eigenvalue weighted by molar-refractivity contribution is 5.91. The molecule has 0 aromatic carbocycles. The van der Waals surface area contributed by atoms with Crippen LogP contribution in [0, 0.1) is 0 Å². The number of carbonyl (C=O) groups is 1. The van der Waals surface area contributed by atoms with Crippen LogP contribution in [0.5, 0.6) is 0 Å². The molecule has 74 valence electrons. The van der Waals surface area contributed by atoms with Gasteiger partial charge < -0.3 is 10.6 Å². The fourth-order valence-electron chi connectivity index (χ4n) is 1.08. The van der Waals surface area contributed by atoms with E-state index in [4.69, 9.17) is 0 Å². The summed E-state index contributed by atoms with van der Waals surface area (Å²) in [7, 11) is 1.75. The molecule has 0 atom stereocenters. The summed E-state index contributed by atoms with van der Waals surface area (Å²) in [5, 5.41) is 5.69. The number of hydrogen-bond acceptors (Lipinski definition) is 4. The van der Waals surface area contributed by atoms with Crippen LogP contribution in [0.15, 0.2) is 12.3 Å². The van der Waals surface area contributed by atoms with Gasteiger partial charge in [-0.3, -0.25) is 4.79 Å². The van der Waals surface area contributed by atoms with E-state index in [9.17, 15) is 4.79 Å². The van der Waals surface area contributed by atoms with Gasteiger partial charge in [0.2, 0.25) is 5.82 Å². The Morgan fingerprint density at radius 1 is 1.57 bits per heavy atom. The number of nitrogens with zero attached hydrogens (tertiary/aromatic N) is 2. The zero-order valence-electron chi connectivity index (χ0n) is 7.95. The Morgan fingerprint density at radius 3 is 3.00 bits per heavy atom. The number of carbonyl (C=O) groups excluding carboxylic acids is 1. The molecule has 1 heterocycles. The van der Waals surface area contributed by atoms with Crippen molar-refractivity contribution in [1.82, 2.24) is 15.3 Å². The van der Waals surface area contributed by atoms with Crippen molar-refractivity contribution >= 4 is 11.7 Å². The number of nitrogens with one attached hydrogen (secondary N) is 2. The maximum absolute atomic E-state index is 11.5. The third kappa shape index (κ3) is 1.99. The highest BCUT2D eigenvalue weighted by Gasteiger charge is 2.24. The van der Waals surface area contributed by atoms with Crippen LogP contribution >= 0.6 is 0 Å². The van der Waals surface area contributed by atoms with Crippen LogP contribution in [0.1, 0.15) is 23.5 Å². The lowest BCUT2D eigenvalue weighted by Gasteiger charge is -2.03. The van der Waals surface area contributed by atoms with E-state index in [-0.39, 0.29) is 11.7 Å². The SMILES string of the molecule is CNc1ccnc(C(=O)NC2CC2)n1. The quantitative estimate of drug-likeness (QED) is 0.728. The Kier molecular flexibility index (Phi) is 2.30. The number of amides is 1. The smallest absolute Gasteiger partial charge is 0.289 e. The molecule has 1 saturated carbocycles. The Hall–Kier alpha value is -1.65. The minimum atomic E-state index is -0.190. The van der Waals surface area contributed by atoms with Crippen molar-refractivity contribution in [3.8, 4) is 0 Å². The van der Waals surface area contributed by atoms with Gasteiger partial charge in [-0.15, -0.1) is 0 Å². The van der Waals surface area contributed by atoms with Crippen molar-refractivity contribution in [2.75, 3.05) is 12.4 Å². The molecule has 0 radical (unpaired) electrons. The van der Waals surface area contributed by atoms with Gasteiger partial charge in [-0.25, -0.2) is 9.97 Å². The van der Waals surface area contributed by atoms with Crippen LogP contribution in [0.3, 0.4) is 0 Å². The number of aromatic nitrogens is 2. The fourth-order valence-corrected chi connectivity index (χ4v) is 1.08. The van der Waals surface area contributed by atoms with Crippen LogP contribution < -0.4 is 10.6 Å². The molecular formula is C9H12N4O. The highest BCUT2D eigenvalue weighted by Crippen LogP contribution is 2.18. The summed E-state index contributed by atoms with van der Waals surface area (Å²) in [6.07, 6.45) is 3.70. The molecule has 1 aliphatic carbocycles. The zero-order chi connectivity index (χ0) is 9.97. The number of anilines is 1. The Morgan fingerprint density at radius 2 is 2.36 bits per heavy atom. The second-order valence-corrected chi connectivity index (χ2v) is 3.26. The second kappa shape index (κ2) is 3.61. The monoisotopic (exact) mass is 192 g/mol. The number of hydrogen-bond donors (Lipinski definition) is 2. The van der Waals surface area contributed by atoms with Crippen LogP contribution in [0.25, 0.3) is 0 Å². The van der Waals surface area contributed by atoms with Crippen molar-refractivity contribution in [1.29, 1.82) is 0 Å². The summed E-state index contributed by atoms with van der Waals surface area (Å²) < 4.78 is 0. The second-order valence-electron chi connectivity index (χ2n) is 3.26. The van der Waals surface area contributed by atoms with Crippen molar-refractivity contribution in [3.63, 3.8) is 0 Å². The summed E-state index contributed by atoms with van der Waals surface area (Å²) in [4.78, 5) is 19.4. The van der Waals surface area contributed by atoms with Crippen LogP contribution in [-0.4, -0.2) is 29.0 Å². The lowest BCUT2D eigenvalue weighted by Crippen LogP contribution is -2.27. The summed E-state index contributed by atoms with van der Waals surface area (Å²) >= 11 is 0. The van der Waals surface area contributed by atoms with Gasteiger partial charge in [0.15, 0.2) is 0 Å². The molecule has 0 aliphatic heterocycles. The molecule has 1 amide bonds. The van der Waals surface area contributed by atoms with E-state index >= 15 is 0 Å². The summed E-state index contributed by atoms with van der Waals surface area (Å²) in [6, 6.07) is 2.05. The van der Waals surface area contributed by atoms with E-state index in [0.29, 0.717) is 11.9 Å². The molecule has 1 aromatic heterocycles. The van der Waals surface area contributed by atoms with Gasteiger partial charge in [0.1, 0.15) is 5.82 Å². The van der Waals surface area contributed by atoms with Crippen molar-refractivity contribution < 1.29 is 4.79 Å². The first-order chi connectivity index (χ1) is 6.79. The Bertz CT molecular complexity index is 348. The zero-order valence-corrected chi connectivity index (χ0v) is 7.95. The first-order valence-corrected chi connectivity index (χ1v) is 4.61. The van der Waals surface area contributed by atoms with E-state index in [0.717, 1.165) is 12.8 Å². The molecule has 0 saturated heterocycles. The predicted octanol–water partition coefficient (Wildman–Crippen LogP) is 0.410. The molecular weight excluding hydrogens is 180 g/mol. The van der Waals surface area contributed by atoms with E-state index in [1.165, 1.54) is 0 Å². The third-order valence-corrected chi connectivity index (χ3v) is 2.03. The topological polar surface area (TPSA) is 66.9 Å². The molecule has 0 bridgehead atoms. The molecule has 1 aromatic rings. The Labute approximate surface area is 82.0 Å². The minimum Gasteiger partial charge on any atom is -0.373 e. The normalized spacial score (nSPS) is 14.9. The van der Waals surface area contributed by atoms with Crippen LogP contribution in [0.2, 0.25) is 0 Å². The summed E-state index contributed by atoms with van der Waals surface area (Å²) in [5.74, 6) is 0.689. The van der Waals surface area contributed by atoms with Gasteiger partial charge in [0.25, 0.3) is 5.91 Å². The molecule has 2 rings (SSSR count). The molecule has 2 N–H and O–H groups in total. The van der Waals surface area contributed by atoms with E-state index in [1.54, 1.807) is 19.3 Å². The molecule has 1 fully saturated rings. The maximum atomic E-state index is 11.5. The average Bonchev–Trinajstić information content (AvgIpc) is 3.02. The Balaban J connectivity index is 2.09. The van der Waals surface area contributed by atoms with Crippen molar-refractivity contribution in [2.45, 2.75) is 18.9 Å². The molecule has 1 aliphatic rings. The van der Waals surface area contributed by atoms with Gasteiger partial charge in [0.05, 0.1) is 0 Å². The van der Waals surface area contributed by atoms with Crippen molar-refractivity contribution in [3.05, 3.63) is 18.1 Å². The standard InChI is InChI=1S/C9H12N4O/c1-10-7-4-5-11-8(13-7)9(14)12-6-2-3-6/h4-6H,2-3H2,1H3,(H,12,14)(H,10,11,13). The van der Waals surface area contributed by atoms with E-state index in [2.05, 4.69) is 20.6 Å². The maximum Gasteiger partial charge on any atom is 0.289 e. The van der Waals surface area contributed by atoms with Gasteiger partial charge in [-0.05, 0) is 18.9 Å². The van der Waals surface area contributed by atoms with Gasteiger partial charge in [-0.1, -0.05) is 0 Å². The van der Waals surface area contributed by atoms with Gasteiger partial charge in [0, 0.05) is 19.3 Å².